The maximum atomic E-state index is 13.0. The molecular weight excluding hydrogens is 321 g/mol. The Bertz CT molecular complexity index is 720. The second-order valence-electron chi connectivity index (χ2n) is 4.93. The van der Waals surface area contributed by atoms with Crippen LogP contribution in [0, 0.1) is 5.82 Å². The van der Waals surface area contributed by atoms with E-state index in [0.717, 1.165) is 11.6 Å². The van der Waals surface area contributed by atoms with E-state index in [-0.39, 0.29) is 11.6 Å². The van der Waals surface area contributed by atoms with Crippen LogP contribution in [0.2, 0.25) is 5.02 Å². The zero-order valence-corrected chi connectivity index (χ0v) is 13.1. The standard InChI is InChI=1S/C17H15ClFNO3/c1-11(12-4-2-6-14(18)8-12)20-16(21)10-23-17(22)13-5-3-7-15(19)9-13/h2-9,11H,10H2,1H3,(H,20,21). The molecule has 0 fully saturated rings. The van der Waals surface area contributed by atoms with Crippen LogP contribution in [-0.4, -0.2) is 18.5 Å². The van der Waals surface area contributed by atoms with Crippen LogP contribution in [0.3, 0.4) is 0 Å². The van der Waals surface area contributed by atoms with Crippen LogP contribution in [0.1, 0.15) is 28.9 Å². The third kappa shape index (κ3) is 5.07. The first-order valence-electron chi connectivity index (χ1n) is 6.93. The van der Waals surface area contributed by atoms with E-state index in [0.29, 0.717) is 5.02 Å². The fraction of sp³-hybridized carbons (Fsp3) is 0.176. The number of esters is 1. The van der Waals surface area contributed by atoms with E-state index in [1.54, 1.807) is 25.1 Å². The molecule has 0 saturated carbocycles. The van der Waals surface area contributed by atoms with E-state index >= 15 is 0 Å². The van der Waals surface area contributed by atoms with E-state index in [2.05, 4.69) is 5.32 Å². The molecule has 1 unspecified atom stereocenters. The van der Waals surface area contributed by atoms with Gasteiger partial charge in [0.15, 0.2) is 6.61 Å². The van der Waals surface area contributed by atoms with Gasteiger partial charge in [-0.15, -0.1) is 0 Å². The summed E-state index contributed by atoms with van der Waals surface area (Å²) >= 11 is 5.90. The smallest absolute Gasteiger partial charge is 0.338 e. The molecule has 0 radical (unpaired) electrons. The lowest BCUT2D eigenvalue weighted by atomic mass is 10.1. The fourth-order valence-corrected chi connectivity index (χ4v) is 2.17. The van der Waals surface area contributed by atoms with Crippen molar-refractivity contribution in [3.8, 4) is 0 Å². The van der Waals surface area contributed by atoms with Crippen molar-refractivity contribution < 1.29 is 18.7 Å². The molecule has 0 bridgehead atoms. The number of rotatable bonds is 5. The van der Waals surface area contributed by atoms with Gasteiger partial charge < -0.3 is 10.1 Å². The third-order valence-electron chi connectivity index (χ3n) is 3.12. The van der Waals surface area contributed by atoms with Gasteiger partial charge in [-0.2, -0.15) is 0 Å². The number of hydrogen-bond acceptors (Lipinski definition) is 3. The van der Waals surface area contributed by atoms with Crippen LogP contribution >= 0.6 is 11.6 Å². The van der Waals surface area contributed by atoms with Crippen molar-refractivity contribution in [3.05, 3.63) is 70.5 Å². The first-order chi connectivity index (χ1) is 11.0. The molecule has 120 valence electrons. The van der Waals surface area contributed by atoms with Crippen LogP contribution in [0.4, 0.5) is 4.39 Å². The van der Waals surface area contributed by atoms with Crippen LogP contribution in [-0.2, 0) is 9.53 Å². The van der Waals surface area contributed by atoms with Crippen LogP contribution in [0.25, 0.3) is 0 Å². The molecule has 4 nitrogen and oxygen atoms in total. The van der Waals surface area contributed by atoms with E-state index in [4.69, 9.17) is 16.3 Å². The van der Waals surface area contributed by atoms with E-state index in [9.17, 15) is 14.0 Å². The normalized spacial score (nSPS) is 11.6. The molecule has 2 aromatic rings. The Morgan fingerprint density at radius 1 is 1.22 bits per heavy atom. The Hall–Kier alpha value is -2.40. The number of amides is 1. The maximum Gasteiger partial charge on any atom is 0.338 e. The Morgan fingerprint density at radius 3 is 2.65 bits per heavy atom. The number of hydrogen-bond donors (Lipinski definition) is 1. The second-order valence-corrected chi connectivity index (χ2v) is 5.37. The summed E-state index contributed by atoms with van der Waals surface area (Å²) in [6.45, 7) is 1.35. The Labute approximate surface area is 138 Å². The third-order valence-corrected chi connectivity index (χ3v) is 3.36. The molecule has 1 amide bonds. The van der Waals surface area contributed by atoms with Gasteiger partial charge in [0.25, 0.3) is 5.91 Å². The van der Waals surface area contributed by atoms with Gasteiger partial charge in [-0.1, -0.05) is 29.8 Å². The minimum atomic E-state index is -0.755. The van der Waals surface area contributed by atoms with Gasteiger partial charge in [-0.05, 0) is 42.8 Å². The number of carbonyl (C=O) groups excluding carboxylic acids is 2. The van der Waals surface area contributed by atoms with Gasteiger partial charge >= 0.3 is 5.97 Å². The summed E-state index contributed by atoms with van der Waals surface area (Å²) in [5, 5.41) is 3.26. The van der Waals surface area contributed by atoms with Gasteiger partial charge in [-0.25, -0.2) is 9.18 Å². The van der Waals surface area contributed by atoms with Crippen molar-refractivity contribution in [1.82, 2.24) is 5.32 Å². The number of benzene rings is 2. The molecule has 0 aliphatic carbocycles. The molecule has 0 aliphatic heterocycles. The summed E-state index contributed by atoms with van der Waals surface area (Å²) in [5.41, 5.74) is 0.892. The number of carbonyl (C=O) groups is 2. The summed E-state index contributed by atoms with van der Waals surface area (Å²) in [6, 6.07) is 11.9. The highest BCUT2D eigenvalue weighted by Gasteiger charge is 2.13. The summed E-state index contributed by atoms with van der Waals surface area (Å²) < 4.78 is 17.9. The topological polar surface area (TPSA) is 55.4 Å². The van der Waals surface area contributed by atoms with Crippen molar-refractivity contribution in [2.45, 2.75) is 13.0 Å². The molecule has 2 rings (SSSR count). The number of halogens is 2. The molecule has 0 aromatic heterocycles. The lowest BCUT2D eigenvalue weighted by molar-refractivity contribution is -0.124. The van der Waals surface area contributed by atoms with E-state index < -0.39 is 24.3 Å². The second kappa shape index (κ2) is 7.74. The highest BCUT2D eigenvalue weighted by atomic mass is 35.5. The summed E-state index contributed by atoms with van der Waals surface area (Å²) in [6.07, 6.45) is 0. The van der Waals surface area contributed by atoms with Crippen molar-refractivity contribution in [2.24, 2.45) is 0 Å². The van der Waals surface area contributed by atoms with Gasteiger partial charge in [0.1, 0.15) is 5.82 Å². The Morgan fingerprint density at radius 2 is 1.96 bits per heavy atom. The molecule has 0 spiro atoms. The maximum absolute atomic E-state index is 13.0. The molecule has 0 saturated heterocycles. The predicted octanol–water partition coefficient (Wildman–Crippen LogP) is 3.51. The highest BCUT2D eigenvalue weighted by molar-refractivity contribution is 6.30. The Kier molecular flexibility index (Phi) is 5.71. The Balaban J connectivity index is 1.86. The average Bonchev–Trinajstić information content (AvgIpc) is 2.52. The van der Waals surface area contributed by atoms with Gasteiger partial charge in [0, 0.05) is 5.02 Å². The summed E-state index contributed by atoms with van der Waals surface area (Å²) in [4.78, 5) is 23.5. The first-order valence-corrected chi connectivity index (χ1v) is 7.31. The van der Waals surface area contributed by atoms with Crippen molar-refractivity contribution in [3.63, 3.8) is 0 Å². The van der Waals surface area contributed by atoms with Gasteiger partial charge in [0.2, 0.25) is 0 Å². The average molecular weight is 336 g/mol. The number of nitrogens with one attached hydrogen (secondary N) is 1. The molecule has 2 aromatic carbocycles. The monoisotopic (exact) mass is 335 g/mol. The van der Waals surface area contributed by atoms with Crippen molar-refractivity contribution >= 4 is 23.5 Å². The van der Waals surface area contributed by atoms with E-state index in [1.165, 1.54) is 18.2 Å². The van der Waals surface area contributed by atoms with Crippen molar-refractivity contribution in [1.29, 1.82) is 0 Å². The van der Waals surface area contributed by atoms with Crippen LogP contribution < -0.4 is 5.32 Å². The van der Waals surface area contributed by atoms with Gasteiger partial charge in [0.05, 0.1) is 11.6 Å². The van der Waals surface area contributed by atoms with E-state index in [1.807, 2.05) is 6.07 Å². The first kappa shape index (κ1) is 17.0. The van der Waals surface area contributed by atoms with Gasteiger partial charge in [-0.3, -0.25) is 4.79 Å². The molecule has 1 N–H and O–H groups in total. The molecule has 1 atom stereocenters. The van der Waals surface area contributed by atoms with Crippen LogP contribution in [0.5, 0.6) is 0 Å². The fourth-order valence-electron chi connectivity index (χ4n) is 1.97. The largest absolute Gasteiger partial charge is 0.452 e. The molecule has 23 heavy (non-hydrogen) atoms. The van der Waals surface area contributed by atoms with Crippen LogP contribution in [0.15, 0.2) is 48.5 Å². The molecular formula is C17H15ClFNO3. The molecule has 6 heteroatoms. The predicted molar refractivity (Wildman–Crippen MR) is 84.7 cm³/mol. The SMILES string of the molecule is CC(NC(=O)COC(=O)c1cccc(F)c1)c1cccc(Cl)c1. The molecule has 0 aliphatic rings. The highest BCUT2D eigenvalue weighted by Crippen LogP contribution is 2.17. The minimum Gasteiger partial charge on any atom is -0.452 e. The molecule has 0 heterocycles. The summed E-state index contributed by atoms with van der Waals surface area (Å²) in [7, 11) is 0. The minimum absolute atomic E-state index is 0.0562. The zero-order chi connectivity index (χ0) is 16.8. The summed E-state index contributed by atoms with van der Waals surface area (Å²) in [5.74, 6) is -1.75. The number of ether oxygens (including phenoxy) is 1. The lowest BCUT2D eigenvalue weighted by Crippen LogP contribution is -2.31. The van der Waals surface area contributed by atoms with Crippen molar-refractivity contribution in [2.75, 3.05) is 6.61 Å². The zero-order valence-electron chi connectivity index (χ0n) is 12.4. The lowest BCUT2D eigenvalue weighted by Gasteiger charge is -2.14. The quantitative estimate of drug-likeness (QED) is 0.851.